The van der Waals surface area contributed by atoms with Crippen molar-refractivity contribution in [3.05, 3.63) is 0 Å². The van der Waals surface area contributed by atoms with Crippen LogP contribution in [0.2, 0.25) is 0 Å². The number of carboxylic acid groups (broad SMARTS) is 1. The van der Waals surface area contributed by atoms with Crippen LogP contribution >= 0.6 is 0 Å². The molecule has 0 aromatic carbocycles. The van der Waals surface area contributed by atoms with E-state index in [1.807, 2.05) is 0 Å². The van der Waals surface area contributed by atoms with Gasteiger partial charge in [-0.2, -0.15) is 0 Å². The van der Waals surface area contributed by atoms with Crippen LogP contribution < -0.4 is 5.73 Å². The Morgan fingerprint density at radius 3 is 1.60 bits per heavy atom. The molecule has 0 aliphatic heterocycles. The molecule has 0 spiro atoms. The second-order valence-electron chi connectivity index (χ2n) is 2.84. The van der Waals surface area contributed by atoms with Crippen LogP contribution in [-0.2, 0) is 4.79 Å². The number of rotatable bonds is 4. The molecular weight excluding hydrogens is 218 g/mol. The molecule has 0 saturated heterocycles. The topological polar surface area (TPSA) is 205 Å². The standard InChI is InChI=1S/C5H11NO9/c6-3(11,1(7)8)5(14,15)4(12,13)2(9)10/h2,9-15H,6H2,(H,7,8). The molecule has 10 N–H and O–H groups in total. The van der Waals surface area contributed by atoms with Gasteiger partial charge in [-0.1, -0.05) is 0 Å². The van der Waals surface area contributed by atoms with Gasteiger partial charge in [-0.05, 0) is 0 Å². The highest BCUT2D eigenvalue weighted by Gasteiger charge is 2.67. The Morgan fingerprint density at radius 2 is 1.40 bits per heavy atom. The summed E-state index contributed by atoms with van der Waals surface area (Å²) in [6.45, 7) is 0. The fourth-order valence-corrected chi connectivity index (χ4v) is 0.610. The van der Waals surface area contributed by atoms with Crippen molar-refractivity contribution in [2.24, 2.45) is 5.73 Å². The number of hydrogen-bond acceptors (Lipinski definition) is 9. The van der Waals surface area contributed by atoms with E-state index in [1.54, 1.807) is 0 Å². The van der Waals surface area contributed by atoms with Crippen molar-refractivity contribution in [2.75, 3.05) is 0 Å². The summed E-state index contributed by atoms with van der Waals surface area (Å²) >= 11 is 0. The zero-order valence-corrected chi connectivity index (χ0v) is 7.14. The van der Waals surface area contributed by atoms with Crippen molar-refractivity contribution < 1.29 is 45.6 Å². The van der Waals surface area contributed by atoms with Crippen molar-refractivity contribution in [1.29, 1.82) is 0 Å². The lowest BCUT2D eigenvalue weighted by molar-refractivity contribution is -0.444. The van der Waals surface area contributed by atoms with Gasteiger partial charge in [-0.3, -0.25) is 5.73 Å². The molecule has 90 valence electrons. The van der Waals surface area contributed by atoms with Crippen molar-refractivity contribution in [2.45, 2.75) is 23.6 Å². The first-order chi connectivity index (χ1) is 6.39. The predicted octanol–water partition coefficient (Wildman–Crippen LogP) is -5.61. The summed E-state index contributed by atoms with van der Waals surface area (Å²) in [6, 6.07) is 0. The Labute approximate surface area is 82.1 Å². The first-order valence-corrected chi connectivity index (χ1v) is 3.39. The van der Waals surface area contributed by atoms with Gasteiger partial charge in [0.25, 0.3) is 17.3 Å². The van der Waals surface area contributed by atoms with Crippen LogP contribution in [0, 0.1) is 0 Å². The minimum Gasteiger partial charge on any atom is -0.478 e. The van der Waals surface area contributed by atoms with E-state index in [1.165, 1.54) is 0 Å². The third-order valence-electron chi connectivity index (χ3n) is 1.73. The number of aliphatic hydroxyl groups excluding tert-OH is 1. The molecule has 1 unspecified atom stereocenters. The van der Waals surface area contributed by atoms with Gasteiger partial charge < -0.3 is 40.9 Å². The van der Waals surface area contributed by atoms with E-state index >= 15 is 0 Å². The summed E-state index contributed by atoms with van der Waals surface area (Å²) in [7, 11) is 0. The Morgan fingerprint density at radius 1 is 1.07 bits per heavy atom. The lowest BCUT2D eigenvalue weighted by Crippen LogP contribution is -2.77. The average molecular weight is 229 g/mol. The molecule has 0 aromatic heterocycles. The van der Waals surface area contributed by atoms with Crippen LogP contribution in [0.15, 0.2) is 0 Å². The summed E-state index contributed by atoms with van der Waals surface area (Å²) in [4.78, 5) is 10.3. The molecule has 0 aromatic rings. The van der Waals surface area contributed by atoms with Gasteiger partial charge >= 0.3 is 5.97 Å². The largest absolute Gasteiger partial charge is 0.478 e. The highest BCUT2D eigenvalue weighted by molar-refractivity contribution is 5.77. The van der Waals surface area contributed by atoms with Crippen molar-refractivity contribution >= 4 is 5.97 Å². The van der Waals surface area contributed by atoms with E-state index in [0.29, 0.717) is 0 Å². The summed E-state index contributed by atoms with van der Waals surface area (Å²) < 4.78 is 0. The first kappa shape index (κ1) is 14.2. The number of aliphatic hydroxyl groups is 7. The fourth-order valence-electron chi connectivity index (χ4n) is 0.610. The van der Waals surface area contributed by atoms with E-state index < -0.39 is 29.6 Å². The lowest BCUT2D eigenvalue weighted by Gasteiger charge is -2.41. The fraction of sp³-hybridized carbons (Fsp3) is 0.800. The number of carboxylic acids is 1. The third-order valence-corrected chi connectivity index (χ3v) is 1.73. The molecule has 0 heterocycles. The molecule has 1 atom stereocenters. The van der Waals surface area contributed by atoms with Crippen LogP contribution in [-0.4, -0.2) is 70.4 Å². The van der Waals surface area contributed by atoms with Gasteiger partial charge in [0.1, 0.15) is 0 Å². The highest BCUT2D eigenvalue weighted by atomic mass is 16.7. The smallest absolute Gasteiger partial charge is 0.357 e. The molecule has 0 bridgehead atoms. The van der Waals surface area contributed by atoms with E-state index in [9.17, 15) is 4.79 Å². The minimum absolute atomic E-state index is 2.43. The van der Waals surface area contributed by atoms with Crippen LogP contribution in [0.3, 0.4) is 0 Å². The maximum atomic E-state index is 10.3. The summed E-state index contributed by atoms with van der Waals surface area (Å²) in [5, 5.41) is 69.0. The quantitative estimate of drug-likeness (QED) is 0.209. The van der Waals surface area contributed by atoms with Crippen molar-refractivity contribution in [3.8, 4) is 0 Å². The van der Waals surface area contributed by atoms with E-state index in [0.717, 1.165) is 0 Å². The Hall–Kier alpha value is -0.850. The number of carbonyl (C=O) groups is 1. The van der Waals surface area contributed by atoms with E-state index in [-0.39, 0.29) is 0 Å². The average Bonchev–Trinajstić information content (AvgIpc) is 2.02. The molecule has 0 rings (SSSR count). The Kier molecular flexibility index (Phi) is 3.42. The molecule has 10 nitrogen and oxygen atoms in total. The normalized spacial score (nSPS) is 17.7. The number of aliphatic carboxylic acids is 1. The van der Waals surface area contributed by atoms with Gasteiger partial charge in [0.2, 0.25) is 6.29 Å². The van der Waals surface area contributed by atoms with Gasteiger partial charge in [0, 0.05) is 0 Å². The molecular formula is C5H11NO9. The summed E-state index contributed by atoms with van der Waals surface area (Å²) in [5.74, 6) is -10.9. The highest BCUT2D eigenvalue weighted by Crippen LogP contribution is 2.28. The SMILES string of the molecule is NC(O)(C(=O)O)C(O)(O)C(O)(O)C(O)O. The minimum atomic E-state index is -4.32. The first-order valence-electron chi connectivity index (χ1n) is 3.39. The van der Waals surface area contributed by atoms with E-state index in [2.05, 4.69) is 5.73 Å². The predicted molar refractivity (Wildman–Crippen MR) is 39.3 cm³/mol. The van der Waals surface area contributed by atoms with Gasteiger partial charge in [-0.25, -0.2) is 4.79 Å². The van der Waals surface area contributed by atoms with E-state index in [4.69, 9.17) is 40.9 Å². The zero-order valence-electron chi connectivity index (χ0n) is 7.14. The molecule has 0 radical (unpaired) electrons. The van der Waals surface area contributed by atoms with Crippen molar-refractivity contribution in [1.82, 2.24) is 0 Å². The second-order valence-corrected chi connectivity index (χ2v) is 2.84. The molecule has 0 aliphatic rings. The number of nitrogens with two attached hydrogens (primary N) is 1. The lowest BCUT2D eigenvalue weighted by atomic mass is 9.94. The maximum absolute atomic E-state index is 10.3. The van der Waals surface area contributed by atoms with Gasteiger partial charge in [0.15, 0.2) is 0 Å². The molecule has 15 heavy (non-hydrogen) atoms. The molecule has 0 saturated carbocycles. The third kappa shape index (κ3) is 1.92. The van der Waals surface area contributed by atoms with Crippen LogP contribution in [0.4, 0.5) is 0 Å². The summed E-state index contributed by atoms with van der Waals surface area (Å²) in [6.07, 6.45) is -3.18. The zero-order chi connectivity index (χ0) is 12.7. The van der Waals surface area contributed by atoms with Crippen LogP contribution in [0.25, 0.3) is 0 Å². The number of hydrogen-bond donors (Lipinski definition) is 9. The molecule has 0 fully saturated rings. The summed E-state index contributed by atoms with van der Waals surface area (Å²) in [5.41, 5.74) is 0.545. The Balaban J connectivity index is 5.40. The van der Waals surface area contributed by atoms with Gasteiger partial charge in [0.05, 0.1) is 0 Å². The maximum Gasteiger partial charge on any atom is 0.357 e. The molecule has 0 amide bonds. The van der Waals surface area contributed by atoms with Crippen molar-refractivity contribution in [3.63, 3.8) is 0 Å². The monoisotopic (exact) mass is 229 g/mol. The van der Waals surface area contributed by atoms with Gasteiger partial charge in [-0.15, -0.1) is 0 Å². The molecule has 10 heteroatoms. The Bertz CT molecular complexity index is 257. The second kappa shape index (κ2) is 3.62. The molecule has 0 aliphatic carbocycles. The van der Waals surface area contributed by atoms with Crippen LogP contribution in [0.5, 0.6) is 0 Å². The van der Waals surface area contributed by atoms with Crippen LogP contribution in [0.1, 0.15) is 0 Å².